The van der Waals surface area contributed by atoms with E-state index in [0.717, 1.165) is 25.9 Å². The first-order chi connectivity index (χ1) is 10.2. The monoisotopic (exact) mass is 310 g/mol. The molecule has 1 spiro atoms. The van der Waals surface area contributed by atoms with Gasteiger partial charge in [0.05, 0.1) is 30.5 Å². The molecule has 3 rings (SSSR count). The molecule has 0 unspecified atom stereocenters. The minimum absolute atomic E-state index is 0.0488. The van der Waals surface area contributed by atoms with E-state index in [2.05, 4.69) is 10.2 Å². The fourth-order valence-corrected chi connectivity index (χ4v) is 2.98. The van der Waals surface area contributed by atoms with E-state index in [1.54, 1.807) is 12.1 Å². The number of carbonyl (C=O) groups is 1. The van der Waals surface area contributed by atoms with Gasteiger partial charge in [0.25, 0.3) is 0 Å². The fourth-order valence-electron chi connectivity index (χ4n) is 2.79. The van der Waals surface area contributed by atoms with Gasteiger partial charge in [-0.2, -0.15) is 0 Å². The number of anilines is 1. The number of nitrogens with zero attached hydrogens (tertiary/aromatic N) is 1. The van der Waals surface area contributed by atoms with Gasteiger partial charge in [0.1, 0.15) is 0 Å². The van der Waals surface area contributed by atoms with E-state index in [-0.39, 0.29) is 5.91 Å². The van der Waals surface area contributed by atoms with E-state index >= 15 is 0 Å². The smallest absolute Gasteiger partial charge is 0.238 e. The van der Waals surface area contributed by atoms with Crippen molar-refractivity contribution in [1.29, 1.82) is 0 Å². The highest BCUT2D eigenvalue weighted by Crippen LogP contribution is 2.31. The van der Waals surface area contributed by atoms with Crippen LogP contribution in [0.1, 0.15) is 12.8 Å². The lowest BCUT2D eigenvalue weighted by Crippen LogP contribution is -2.47. The van der Waals surface area contributed by atoms with Crippen LogP contribution in [0.25, 0.3) is 0 Å². The molecule has 6 heteroatoms. The molecule has 1 aromatic rings. The van der Waals surface area contributed by atoms with E-state index in [0.29, 0.717) is 30.5 Å². The van der Waals surface area contributed by atoms with Gasteiger partial charge in [0.15, 0.2) is 5.79 Å². The van der Waals surface area contributed by atoms with Gasteiger partial charge < -0.3 is 14.8 Å². The number of benzene rings is 1. The highest BCUT2D eigenvalue weighted by atomic mass is 35.5. The van der Waals surface area contributed by atoms with Crippen LogP contribution in [0.2, 0.25) is 5.02 Å². The van der Waals surface area contributed by atoms with Gasteiger partial charge in [-0.15, -0.1) is 0 Å². The van der Waals surface area contributed by atoms with Crippen LogP contribution in [0.4, 0.5) is 5.69 Å². The highest BCUT2D eigenvalue weighted by Gasteiger charge is 2.39. The Morgan fingerprint density at radius 1 is 1.24 bits per heavy atom. The average molecular weight is 311 g/mol. The molecule has 21 heavy (non-hydrogen) atoms. The largest absolute Gasteiger partial charge is 0.347 e. The lowest BCUT2D eigenvalue weighted by molar-refractivity contribution is -0.185. The van der Waals surface area contributed by atoms with Crippen LogP contribution in [-0.4, -0.2) is 49.4 Å². The second-order valence-electron chi connectivity index (χ2n) is 5.41. The second-order valence-corrected chi connectivity index (χ2v) is 5.82. The van der Waals surface area contributed by atoms with E-state index in [9.17, 15) is 4.79 Å². The summed E-state index contributed by atoms with van der Waals surface area (Å²) in [6.45, 7) is 3.31. The van der Waals surface area contributed by atoms with Gasteiger partial charge in [0.2, 0.25) is 5.91 Å². The number of halogens is 1. The van der Waals surface area contributed by atoms with E-state index < -0.39 is 5.79 Å². The van der Waals surface area contributed by atoms with Crippen LogP contribution in [0.3, 0.4) is 0 Å². The molecule has 2 heterocycles. The van der Waals surface area contributed by atoms with E-state index in [1.807, 2.05) is 12.1 Å². The number of amides is 1. The summed E-state index contributed by atoms with van der Waals surface area (Å²) in [6.07, 6.45) is 1.62. The van der Waals surface area contributed by atoms with Crippen molar-refractivity contribution in [3.63, 3.8) is 0 Å². The Morgan fingerprint density at radius 3 is 2.57 bits per heavy atom. The first-order valence-corrected chi connectivity index (χ1v) is 7.59. The minimum atomic E-state index is -0.393. The predicted molar refractivity (Wildman–Crippen MR) is 80.4 cm³/mol. The van der Waals surface area contributed by atoms with Crippen molar-refractivity contribution < 1.29 is 14.3 Å². The number of piperidine rings is 1. The third kappa shape index (κ3) is 3.55. The normalized spacial score (nSPS) is 21.6. The SMILES string of the molecule is O=C(CN1CCC2(CC1)OCCO2)Nc1ccccc1Cl. The third-order valence-corrected chi connectivity index (χ3v) is 4.28. The summed E-state index contributed by atoms with van der Waals surface area (Å²) in [7, 11) is 0. The number of carbonyl (C=O) groups excluding carboxylic acids is 1. The first kappa shape index (κ1) is 14.8. The van der Waals surface area contributed by atoms with Crippen molar-refractivity contribution in [2.24, 2.45) is 0 Å². The van der Waals surface area contributed by atoms with Crippen LogP contribution in [0.5, 0.6) is 0 Å². The zero-order chi connectivity index (χ0) is 14.7. The number of para-hydroxylation sites is 1. The standard InChI is InChI=1S/C15H19ClN2O3/c16-12-3-1-2-4-13(12)17-14(19)11-18-7-5-15(6-8-18)20-9-10-21-15/h1-4H,5-11H2,(H,17,19). The number of hydrogen-bond acceptors (Lipinski definition) is 4. The summed E-state index contributed by atoms with van der Waals surface area (Å²) in [5.41, 5.74) is 0.653. The van der Waals surface area contributed by atoms with Gasteiger partial charge in [-0.05, 0) is 12.1 Å². The molecule has 5 nitrogen and oxygen atoms in total. The molecule has 1 N–H and O–H groups in total. The summed E-state index contributed by atoms with van der Waals surface area (Å²) in [4.78, 5) is 14.2. The van der Waals surface area contributed by atoms with Crippen molar-refractivity contribution in [2.45, 2.75) is 18.6 Å². The van der Waals surface area contributed by atoms with Gasteiger partial charge in [-0.3, -0.25) is 9.69 Å². The molecule has 1 aromatic carbocycles. The lowest BCUT2D eigenvalue weighted by atomic mass is 10.0. The van der Waals surface area contributed by atoms with Gasteiger partial charge in [-0.25, -0.2) is 0 Å². The molecule has 114 valence electrons. The molecule has 2 saturated heterocycles. The van der Waals surface area contributed by atoms with Crippen LogP contribution in [0, 0.1) is 0 Å². The fraction of sp³-hybridized carbons (Fsp3) is 0.533. The molecule has 0 aromatic heterocycles. The zero-order valence-corrected chi connectivity index (χ0v) is 12.6. The maximum Gasteiger partial charge on any atom is 0.238 e. The molecular weight excluding hydrogens is 292 g/mol. The molecule has 2 aliphatic heterocycles. The van der Waals surface area contributed by atoms with E-state index in [1.165, 1.54) is 0 Å². The Labute approximate surface area is 129 Å². The summed E-state index contributed by atoms with van der Waals surface area (Å²) in [5, 5.41) is 3.40. The van der Waals surface area contributed by atoms with Gasteiger partial charge in [0, 0.05) is 25.9 Å². The molecule has 0 saturated carbocycles. The van der Waals surface area contributed by atoms with Crippen molar-refractivity contribution in [3.05, 3.63) is 29.3 Å². The Bertz CT molecular complexity index is 507. The molecule has 0 bridgehead atoms. The minimum Gasteiger partial charge on any atom is -0.347 e. The number of likely N-dealkylation sites (tertiary alicyclic amines) is 1. The molecule has 0 aliphatic carbocycles. The van der Waals surface area contributed by atoms with Crippen molar-refractivity contribution in [2.75, 3.05) is 38.2 Å². The Kier molecular flexibility index (Phi) is 4.45. The number of nitrogens with one attached hydrogen (secondary N) is 1. The Balaban J connectivity index is 1.49. The number of rotatable bonds is 3. The molecule has 0 atom stereocenters. The summed E-state index contributed by atoms with van der Waals surface area (Å²) in [5.74, 6) is -0.442. The Morgan fingerprint density at radius 2 is 1.90 bits per heavy atom. The topological polar surface area (TPSA) is 50.8 Å². The van der Waals surface area contributed by atoms with Crippen molar-refractivity contribution in [3.8, 4) is 0 Å². The lowest BCUT2D eigenvalue weighted by Gasteiger charge is -2.37. The van der Waals surface area contributed by atoms with Crippen molar-refractivity contribution >= 4 is 23.2 Å². The van der Waals surface area contributed by atoms with Gasteiger partial charge >= 0.3 is 0 Å². The quantitative estimate of drug-likeness (QED) is 0.929. The summed E-state index contributed by atoms with van der Waals surface area (Å²) in [6, 6.07) is 7.24. The van der Waals surface area contributed by atoms with Crippen LogP contribution >= 0.6 is 11.6 Å². The average Bonchev–Trinajstić information content (AvgIpc) is 2.93. The summed E-state index contributed by atoms with van der Waals surface area (Å²) >= 11 is 6.03. The van der Waals surface area contributed by atoms with Crippen LogP contribution in [-0.2, 0) is 14.3 Å². The van der Waals surface area contributed by atoms with Gasteiger partial charge in [-0.1, -0.05) is 23.7 Å². The number of ether oxygens (including phenoxy) is 2. The summed E-state index contributed by atoms with van der Waals surface area (Å²) < 4.78 is 11.4. The maximum atomic E-state index is 12.1. The maximum absolute atomic E-state index is 12.1. The van der Waals surface area contributed by atoms with Crippen molar-refractivity contribution in [1.82, 2.24) is 4.90 Å². The second kappa shape index (κ2) is 6.32. The Hall–Kier alpha value is -1.14. The van der Waals surface area contributed by atoms with Crippen LogP contribution in [0.15, 0.2) is 24.3 Å². The zero-order valence-electron chi connectivity index (χ0n) is 11.8. The molecule has 2 fully saturated rings. The molecule has 1 amide bonds. The van der Waals surface area contributed by atoms with Crippen LogP contribution < -0.4 is 5.32 Å². The first-order valence-electron chi connectivity index (χ1n) is 7.22. The third-order valence-electron chi connectivity index (χ3n) is 3.95. The molecular formula is C15H19ClN2O3. The number of hydrogen-bond donors (Lipinski definition) is 1. The van der Waals surface area contributed by atoms with E-state index in [4.69, 9.17) is 21.1 Å². The molecule has 0 radical (unpaired) electrons. The molecule has 2 aliphatic rings. The predicted octanol–water partition coefficient (Wildman–Crippen LogP) is 2.12. The highest BCUT2D eigenvalue weighted by molar-refractivity contribution is 6.33.